The Morgan fingerprint density at radius 3 is 2.77 bits per heavy atom. The maximum atomic E-state index is 9.59. The van der Waals surface area contributed by atoms with Gasteiger partial charge in [0.15, 0.2) is 0 Å². The molecule has 1 aromatic rings. The van der Waals surface area contributed by atoms with Crippen LogP contribution in [-0.2, 0) is 14.9 Å². The zero-order valence-corrected chi connectivity index (χ0v) is 15.8. The minimum absolute atomic E-state index is 0.0122. The summed E-state index contributed by atoms with van der Waals surface area (Å²) in [5.41, 5.74) is 3.62. The highest BCUT2D eigenvalue weighted by atomic mass is 16.6. The summed E-state index contributed by atoms with van der Waals surface area (Å²) in [6.45, 7) is 7.09. The summed E-state index contributed by atoms with van der Waals surface area (Å²) in [7, 11) is 0. The maximum Gasteiger partial charge on any atom is 0.113 e. The average molecular weight is 355 g/mol. The lowest BCUT2D eigenvalue weighted by Crippen LogP contribution is -2.53. The van der Waals surface area contributed by atoms with Gasteiger partial charge < -0.3 is 19.9 Å². The van der Waals surface area contributed by atoms with Gasteiger partial charge in [0.2, 0.25) is 0 Å². The Balaban J connectivity index is 1.72. The summed E-state index contributed by atoms with van der Waals surface area (Å²) in [4.78, 5) is 0. The van der Waals surface area contributed by atoms with Crippen molar-refractivity contribution in [2.75, 3.05) is 18.5 Å². The normalized spacial score (nSPS) is 33.3. The van der Waals surface area contributed by atoms with E-state index in [-0.39, 0.29) is 36.4 Å². The highest BCUT2D eigenvalue weighted by molar-refractivity contribution is 5.58. The Bertz CT molecular complexity index is 719. The molecule has 26 heavy (non-hydrogen) atoms. The lowest BCUT2D eigenvalue weighted by molar-refractivity contribution is -0.200. The Morgan fingerprint density at radius 2 is 2.08 bits per heavy atom. The van der Waals surface area contributed by atoms with Crippen molar-refractivity contribution in [2.45, 2.75) is 57.0 Å². The zero-order chi connectivity index (χ0) is 18.3. The summed E-state index contributed by atoms with van der Waals surface area (Å²) in [6.07, 6.45) is 9.21. The monoisotopic (exact) mass is 355 g/mol. The van der Waals surface area contributed by atoms with E-state index in [2.05, 4.69) is 68.6 Å². The van der Waals surface area contributed by atoms with Gasteiger partial charge in [0.25, 0.3) is 0 Å². The van der Waals surface area contributed by atoms with E-state index in [0.29, 0.717) is 12.5 Å². The Labute approximate surface area is 155 Å². The molecule has 0 amide bonds. The quantitative estimate of drug-likeness (QED) is 0.849. The van der Waals surface area contributed by atoms with E-state index < -0.39 is 0 Å². The molecule has 0 radical (unpaired) electrons. The second-order valence-corrected chi connectivity index (χ2v) is 8.59. The molecule has 4 nitrogen and oxygen atoms in total. The van der Waals surface area contributed by atoms with Gasteiger partial charge in [0.05, 0.1) is 19.3 Å². The van der Waals surface area contributed by atoms with E-state index in [1.165, 1.54) is 5.56 Å². The average Bonchev–Trinajstić information content (AvgIpc) is 2.66. The predicted molar refractivity (Wildman–Crippen MR) is 103 cm³/mol. The number of allylic oxidation sites excluding steroid dienone is 3. The molecule has 3 aliphatic rings. The summed E-state index contributed by atoms with van der Waals surface area (Å²) in [5.74, 6) is 0.372. The van der Waals surface area contributed by atoms with Crippen LogP contribution in [0, 0.1) is 5.92 Å². The van der Waals surface area contributed by atoms with Crippen molar-refractivity contribution in [1.82, 2.24) is 0 Å². The molecule has 140 valence electrons. The molecule has 1 saturated heterocycles. The maximum absolute atomic E-state index is 9.59. The lowest BCUT2D eigenvalue weighted by atomic mass is 9.79. The molecule has 0 bridgehead atoms. The zero-order valence-electron chi connectivity index (χ0n) is 15.8. The molecule has 0 spiro atoms. The fourth-order valence-corrected chi connectivity index (χ4v) is 4.14. The van der Waals surface area contributed by atoms with Gasteiger partial charge in [-0.05, 0) is 23.5 Å². The second-order valence-electron chi connectivity index (χ2n) is 8.59. The van der Waals surface area contributed by atoms with Crippen LogP contribution in [0.1, 0.15) is 44.4 Å². The summed E-state index contributed by atoms with van der Waals surface area (Å²) in [6, 6.07) is 6.78. The van der Waals surface area contributed by atoms with Gasteiger partial charge in [0.1, 0.15) is 18.3 Å². The minimum atomic E-state index is -0.261. The van der Waals surface area contributed by atoms with E-state index in [1.807, 2.05) is 0 Å². The number of hydrogen-bond acceptors (Lipinski definition) is 4. The Hall–Kier alpha value is -1.62. The van der Waals surface area contributed by atoms with Crippen LogP contribution in [0.2, 0.25) is 0 Å². The van der Waals surface area contributed by atoms with Gasteiger partial charge in [-0.3, -0.25) is 0 Å². The van der Waals surface area contributed by atoms with Crippen LogP contribution in [0.5, 0.6) is 0 Å². The van der Waals surface area contributed by atoms with Gasteiger partial charge in [0, 0.05) is 17.2 Å². The first-order valence-corrected chi connectivity index (χ1v) is 9.59. The number of benzene rings is 1. The smallest absolute Gasteiger partial charge is 0.113 e. The van der Waals surface area contributed by atoms with E-state index in [1.54, 1.807) is 0 Å². The minimum Gasteiger partial charge on any atom is -0.394 e. The number of nitrogens with one attached hydrogen (secondary N) is 1. The third-order valence-electron chi connectivity index (χ3n) is 5.69. The molecule has 2 aliphatic heterocycles. The van der Waals surface area contributed by atoms with E-state index in [0.717, 1.165) is 17.7 Å². The molecule has 4 heteroatoms. The van der Waals surface area contributed by atoms with E-state index in [9.17, 15) is 5.11 Å². The van der Waals surface area contributed by atoms with Crippen molar-refractivity contribution in [3.63, 3.8) is 0 Å². The number of fused-ring (bicyclic) bond motifs is 3. The molecule has 5 atom stereocenters. The van der Waals surface area contributed by atoms with Crippen molar-refractivity contribution in [3.8, 4) is 0 Å². The highest BCUT2D eigenvalue weighted by Gasteiger charge is 2.45. The van der Waals surface area contributed by atoms with Crippen molar-refractivity contribution in [1.29, 1.82) is 0 Å². The van der Waals surface area contributed by atoms with Crippen molar-refractivity contribution in [2.24, 2.45) is 5.92 Å². The molecular weight excluding hydrogens is 326 g/mol. The molecule has 4 rings (SSSR count). The summed E-state index contributed by atoms with van der Waals surface area (Å²) in [5, 5.41) is 13.3. The molecule has 1 fully saturated rings. The Morgan fingerprint density at radius 1 is 1.23 bits per heavy atom. The first-order chi connectivity index (χ1) is 12.5. The summed E-state index contributed by atoms with van der Waals surface area (Å²) < 4.78 is 12.5. The fraction of sp³-hybridized carbons (Fsp3) is 0.545. The summed E-state index contributed by atoms with van der Waals surface area (Å²) >= 11 is 0. The topological polar surface area (TPSA) is 50.7 Å². The van der Waals surface area contributed by atoms with Crippen LogP contribution in [0.4, 0.5) is 5.69 Å². The van der Waals surface area contributed by atoms with Crippen molar-refractivity contribution in [3.05, 3.63) is 53.6 Å². The van der Waals surface area contributed by atoms with Crippen LogP contribution in [0.25, 0.3) is 0 Å². The molecule has 1 aromatic carbocycles. The van der Waals surface area contributed by atoms with Crippen molar-refractivity contribution >= 4 is 5.69 Å². The Kier molecular flexibility index (Phi) is 4.68. The third-order valence-corrected chi connectivity index (χ3v) is 5.69. The van der Waals surface area contributed by atoms with Gasteiger partial charge in [-0.1, -0.05) is 57.2 Å². The van der Waals surface area contributed by atoms with Crippen LogP contribution < -0.4 is 5.32 Å². The van der Waals surface area contributed by atoms with E-state index in [4.69, 9.17) is 9.47 Å². The predicted octanol–water partition coefficient (Wildman–Crippen LogP) is 3.73. The molecule has 2 heterocycles. The van der Waals surface area contributed by atoms with E-state index >= 15 is 0 Å². The van der Waals surface area contributed by atoms with Crippen LogP contribution in [-0.4, -0.2) is 36.6 Å². The van der Waals surface area contributed by atoms with Gasteiger partial charge >= 0.3 is 0 Å². The number of ether oxygens (including phenoxy) is 2. The molecular formula is C22H29NO3. The fourth-order valence-electron chi connectivity index (χ4n) is 4.14. The molecule has 2 unspecified atom stereocenters. The van der Waals surface area contributed by atoms with Crippen LogP contribution >= 0.6 is 0 Å². The number of anilines is 1. The number of aliphatic hydroxyl groups is 1. The molecule has 1 aliphatic carbocycles. The molecule has 0 saturated carbocycles. The lowest BCUT2D eigenvalue weighted by Gasteiger charge is -2.47. The SMILES string of the molecule is CC(C)(C)c1ccc2c(c1)[C@H]1OC(CO)CO[C@H]1[C@H](C1C=CC=CC1)N2. The molecule has 0 aromatic heterocycles. The number of rotatable bonds is 2. The van der Waals surface area contributed by atoms with Gasteiger partial charge in [-0.15, -0.1) is 0 Å². The number of hydrogen-bond donors (Lipinski definition) is 2. The molecule has 2 N–H and O–H groups in total. The standard InChI is InChI=1S/C22H29NO3/c1-22(2,3)15-9-10-18-17(11-15)20-21(25-13-16(12-24)26-20)19(23-18)14-7-5-4-6-8-14/h4-7,9-11,14,16,19-21,23-24H,8,12-13H2,1-3H3/t14?,16?,19-,20+,21-/m0/s1. The second kappa shape index (κ2) is 6.84. The van der Waals surface area contributed by atoms with Crippen LogP contribution in [0.15, 0.2) is 42.5 Å². The van der Waals surface area contributed by atoms with Gasteiger partial charge in [-0.25, -0.2) is 0 Å². The van der Waals surface area contributed by atoms with Crippen LogP contribution in [0.3, 0.4) is 0 Å². The highest BCUT2D eigenvalue weighted by Crippen LogP contribution is 2.44. The van der Waals surface area contributed by atoms with Crippen molar-refractivity contribution < 1.29 is 14.6 Å². The first-order valence-electron chi connectivity index (χ1n) is 9.59. The largest absolute Gasteiger partial charge is 0.394 e. The number of aliphatic hydroxyl groups excluding tert-OH is 1. The van der Waals surface area contributed by atoms with Gasteiger partial charge in [-0.2, -0.15) is 0 Å². The third kappa shape index (κ3) is 3.22. The first kappa shape index (κ1) is 17.8.